The van der Waals surface area contributed by atoms with Gasteiger partial charge in [0.1, 0.15) is 5.82 Å². The summed E-state index contributed by atoms with van der Waals surface area (Å²) in [6, 6.07) is 5.20. The van der Waals surface area contributed by atoms with E-state index in [1.54, 1.807) is 0 Å². The minimum absolute atomic E-state index is 0.405. The highest BCUT2D eigenvalue weighted by molar-refractivity contribution is 5.78. The maximum absolute atomic E-state index is 12.6. The van der Waals surface area contributed by atoms with Gasteiger partial charge in [0.25, 0.3) is 0 Å². The lowest BCUT2D eigenvalue weighted by molar-refractivity contribution is -0.161. The second-order valence-electron chi connectivity index (χ2n) is 3.05. The van der Waals surface area contributed by atoms with Gasteiger partial charge in [-0.3, -0.25) is 0 Å². The summed E-state index contributed by atoms with van der Waals surface area (Å²) < 4.78 is 17.5. The minimum Gasteiger partial charge on any atom is -0.479 e. The molecule has 1 aromatic rings. The fourth-order valence-electron chi connectivity index (χ4n) is 1.10. The lowest BCUT2D eigenvalue weighted by Gasteiger charge is -2.23. The second kappa shape index (κ2) is 3.75. The first-order valence-electron chi connectivity index (χ1n) is 4.05. The van der Waals surface area contributed by atoms with Gasteiger partial charge in [-0.2, -0.15) is 0 Å². The monoisotopic (exact) mass is 198 g/mol. The minimum atomic E-state index is -1.42. The highest BCUT2D eigenvalue weighted by Crippen LogP contribution is 2.24. The first-order valence-corrected chi connectivity index (χ1v) is 4.05. The molecule has 0 saturated carbocycles. The van der Waals surface area contributed by atoms with E-state index in [2.05, 4.69) is 0 Å². The van der Waals surface area contributed by atoms with E-state index in [-0.39, 0.29) is 0 Å². The van der Waals surface area contributed by atoms with E-state index in [9.17, 15) is 9.18 Å². The predicted molar refractivity (Wildman–Crippen MR) is 48.4 cm³/mol. The summed E-state index contributed by atoms with van der Waals surface area (Å²) in [5, 5.41) is 8.94. The summed E-state index contributed by atoms with van der Waals surface area (Å²) in [4.78, 5) is 10.9. The molecule has 0 aliphatic carbocycles. The number of carboxylic acids is 1. The Bertz CT molecular complexity index is 334. The van der Waals surface area contributed by atoms with Crippen LogP contribution in [0, 0.1) is 5.82 Å². The molecule has 0 aromatic heterocycles. The molecule has 1 atom stereocenters. The molecule has 0 saturated heterocycles. The van der Waals surface area contributed by atoms with Gasteiger partial charge in [0, 0.05) is 7.11 Å². The average Bonchev–Trinajstić information content (AvgIpc) is 2.17. The van der Waals surface area contributed by atoms with Crippen molar-refractivity contribution in [2.45, 2.75) is 12.5 Å². The Balaban J connectivity index is 3.13. The number of aliphatic carboxylic acids is 1. The standard InChI is InChI=1S/C10H11FO3/c1-10(14-2,9(12)13)7-3-5-8(11)6-4-7/h3-6H,1-2H3,(H,12,13). The Kier molecular flexibility index (Phi) is 2.86. The molecule has 1 N–H and O–H groups in total. The molecular weight excluding hydrogens is 187 g/mol. The van der Waals surface area contributed by atoms with Gasteiger partial charge in [0.05, 0.1) is 0 Å². The lowest BCUT2D eigenvalue weighted by Crippen LogP contribution is -2.34. The van der Waals surface area contributed by atoms with Crippen molar-refractivity contribution in [1.82, 2.24) is 0 Å². The fraction of sp³-hybridized carbons (Fsp3) is 0.300. The number of carbonyl (C=O) groups is 1. The zero-order valence-corrected chi connectivity index (χ0v) is 7.95. The number of rotatable bonds is 3. The third-order valence-corrected chi connectivity index (χ3v) is 2.21. The van der Waals surface area contributed by atoms with E-state index >= 15 is 0 Å². The van der Waals surface area contributed by atoms with Crippen molar-refractivity contribution in [3.63, 3.8) is 0 Å². The topological polar surface area (TPSA) is 46.5 Å². The van der Waals surface area contributed by atoms with Gasteiger partial charge in [-0.05, 0) is 24.6 Å². The van der Waals surface area contributed by atoms with Gasteiger partial charge in [-0.15, -0.1) is 0 Å². The molecule has 0 fully saturated rings. The largest absolute Gasteiger partial charge is 0.479 e. The number of benzene rings is 1. The van der Waals surface area contributed by atoms with Crippen LogP contribution in [0.3, 0.4) is 0 Å². The highest BCUT2D eigenvalue weighted by atomic mass is 19.1. The van der Waals surface area contributed by atoms with E-state index in [0.717, 1.165) is 0 Å². The van der Waals surface area contributed by atoms with Gasteiger partial charge in [-0.1, -0.05) is 12.1 Å². The van der Waals surface area contributed by atoms with Crippen molar-refractivity contribution in [2.24, 2.45) is 0 Å². The third-order valence-electron chi connectivity index (χ3n) is 2.21. The van der Waals surface area contributed by atoms with Gasteiger partial charge < -0.3 is 9.84 Å². The van der Waals surface area contributed by atoms with Crippen LogP contribution in [0.5, 0.6) is 0 Å². The molecule has 0 bridgehead atoms. The first-order chi connectivity index (χ1) is 6.50. The Morgan fingerprint density at radius 1 is 1.43 bits per heavy atom. The molecule has 1 aromatic carbocycles. The molecular formula is C10H11FO3. The van der Waals surface area contributed by atoms with Crippen LogP contribution < -0.4 is 0 Å². The quantitative estimate of drug-likeness (QED) is 0.805. The van der Waals surface area contributed by atoms with Gasteiger partial charge >= 0.3 is 5.97 Å². The Labute approximate surface area is 81.1 Å². The van der Waals surface area contributed by atoms with Crippen LogP contribution in [0.4, 0.5) is 4.39 Å². The van der Waals surface area contributed by atoms with Gasteiger partial charge in [0.15, 0.2) is 5.60 Å². The molecule has 76 valence electrons. The number of ether oxygens (including phenoxy) is 1. The molecule has 3 nitrogen and oxygen atoms in total. The summed E-state index contributed by atoms with van der Waals surface area (Å²) in [7, 11) is 1.30. The number of hydrogen-bond acceptors (Lipinski definition) is 2. The predicted octanol–water partition coefficient (Wildman–Crippen LogP) is 1.77. The third kappa shape index (κ3) is 1.75. The maximum atomic E-state index is 12.6. The van der Waals surface area contributed by atoms with Crippen molar-refractivity contribution in [2.75, 3.05) is 7.11 Å². The average molecular weight is 198 g/mol. The number of carboxylic acid groups (broad SMARTS) is 1. The Morgan fingerprint density at radius 3 is 2.29 bits per heavy atom. The van der Waals surface area contributed by atoms with Crippen molar-refractivity contribution < 1.29 is 19.0 Å². The normalized spacial score (nSPS) is 14.8. The summed E-state index contributed by atoms with van der Waals surface area (Å²) in [6.07, 6.45) is 0. The van der Waals surface area contributed by atoms with Gasteiger partial charge in [0.2, 0.25) is 0 Å². The van der Waals surface area contributed by atoms with Crippen LogP contribution in [0.15, 0.2) is 24.3 Å². The van der Waals surface area contributed by atoms with E-state index in [1.807, 2.05) is 0 Å². The van der Waals surface area contributed by atoms with Crippen molar-refractivity contribution in [3.8, 4) is 0 Å². The van der Waals surface area contributed by atoms with Crippen LogP contribution in [-0.4, -0.2) is 18.2 Å². The number of methoxy groups -OCH3 is 1. The van der Waals surface area contributed by atoms with E-state index < -0.39 is 17.4 Å². The van der Waals surface area contributed by atoms with E-state index in [4.69, 9.17) is 9.84 Å². The SMILES string of the molecule is COC(C)(C(=O)O)c1ccc(F)cc1. The number of hydrogen-bond donors (Lipinski definition) is 1. The molecule has 1 rings (SSSR count). The molecule has 0 aliphatic rings. The lowest BCUT2D eigenvalue weighted by atomic mass is 9.96. The molecule has 0 amide bonds. The van der Waals surface area contributed by atoms with Crippen LogP contribution in [0.25, 0.3) is 0 Å². The van der Waals surface area contributed by atoms with Crippen molar-refractivity contribution in [1.29, 1.82) is 0 Å². The molecule has 0 radical (unpaired) electrons. The summed E-state index contributed by atoms with van der Waals surface area (Å²) in [5.41, 5.74) is -1.01. The van der Waals surface area contributed by atoms with Crippen molar-refractivity contribution in [3.05, 3.63) is 35.6 Å². The zero-order chi connectivity index (χ0) is 10.8. The fourth-order valence-corrected chi connectivity index (χ4v) is 1.10. The number of halogens is 1. The molecule has 1 unspecified atom stereocenters. The zero-order valence-electron chi connectivity index (χ0n) is 7.95. The van der Waals surface area contributed by atoms with Crippen LogP contribution in [-0.2, 0) is 15.1 Å². The van der Waals surface area contributed by atoms with Crippen LogP contribution >= 0.6 is 0 Å². The summed E-state index contributed by atoms with van der Waals surface area (Å²) in [5.74, 6) is -1.51. The second-order valence-corrected chi connectivity index (χ2v) is 3.05. The van der Waals surface area contributed by atoms with Crippen LogP contribution in [0.1, 0.15) is 12.5 Å². The molecule has 0 aliphatic heterocycles. The van der Waals surface area contributed by atoms with Gasteiger partial charge in [-0.25, -0.2) is 9.18 Å². The molecule has 0 spiro atoms. The molecule has 14 heavy (non-hydrogen) atoms. The van der Waals surface area contributed by atoms with Crippen LogP contribution in [0.2, 0.25) is 0 Å². The first kappa shape index (κ1) is 10.7. The van der Waals surface area contributed by atoms with Crippen molar-refractivity contribution >= 4 is 5.97 Å². The molecule has 0 heterocycles. The maximum Gasteiger partial charge on any atom is 0.340 e. The molecule has 4 heteroatoms. The smallest absolute Gasteiger partial charge is 0.340 e. The Morgan fingerprint density at radius 2 is 1.93 bits per heavy atom. The van der Waals surface area contributed by atoms with E-state index in [1.165, 1.54) is 38.3 Å². The Hall–Kier alpha value is -1.42. The summed E-state index contributed by atoms with van der Waals surface area (Å²) >= 11 is 0. The summed E-state index contributed by atoms with van der Waals surface area (Å²) in [6.45, 7) is 1.42. The van der Waals surface area contributed by atoms with E-state index in [0.29, 0.717) is 5.56 Å². The highest BCUT2D eigenvalue weighted by Gasteiger charge is 2.34.